The van der Waals surface area contributed by atoms with Crippen LogP contribution in [-0.4, -0.2) is 7.85 Å². The average Bonchev–Trinajstić information content (AvgIpc) is 2.04. The number of hydrogen-bond acceptors (Lipinski definition) is 0. The number of benzene rings is 1. The Kier molecular flexibility index (Phi) is 2.96. The van der Waals surface area contributed by atoms with Crippen LogP contribution in [0.2, 0.25) is 0 Å². The molecular formula is C11H15B. The molecule has 62 valence electrons. The third-order valence-electron chi connectivity index (χ3n) is 2.46. The molecule has 0 nitrogen and oxygen atoms in total. The van der Waals surface area contributed by atoms with Crippen molar-refractivity contribution in [3.63, 3.8) is 0 Å². The van der Waals surface area contributed by atoms with E-state index in [1.54, 1.807) is 0 Å². The summed E-state index contributed by atoms with van der Waals surface area (Å²) in [7, 11) is 5.60. The minimum atomic E-state index is 0.616. The lowest BCUT2D eigenvalue weighted by Crippen LogP contribution is -2.05. The first kappa shape index (κ1) is 9.37. The standard InChI is InChI=1S/C11H15B/c1-8(2)9(3)10-4-6-11(12)7-5-10/h4-9H,1-3H3/t9-/m0/s1. The van der Waals surface area contributed by atoms with Crippen LogP contribution >= 0.6 is 0 Å². The summed E-state index contributed by atoms with van der Waals surface area (Å²) in [4.78, 5) is 0. The van der Waals surface area contributed by atoms with Crippen molar-refractivity contribution in [2.24, 2.45) is 5.92 Å². The fourth-order valence-electron chi connectivity index (χ4n) is 1.18. The average molecular weight is 158 g/mol. The zero-order chi connectivity index (χ0) is 9.14. The first-order valence-corrected chi connectivity index (χ1v) is 4.46. The minimum absolute atomic E-state index is 0.616. The van der Waals surface area contributed by atoms with Crippen LogP contribution in [0.4, 0.5) is 0 Å². The molecule has 0 unspecified atom stereocenters. The molecule has 0 amide bonds. The second kappa shape index (κ2) is 3.80. The Morgan fingerprint density at radius 1 is 1.00 bits per heavy atom. The highest BCUT2D eigenvalue weighted by molar-refractivity contribution is 6.32. The Labute approximate surface area is 76.4 Å². The van der Waals surface area contributed by atoms with Gasteiger partial charge in [-0.15, -0.1) is 0 Å². The Hall–Kier alpha value is -0.715. The van der Waals surface area contributed by atoms with Crippen LogP contribution in [0.3, 0.4) is 0 Å². The van der Waals surface area contributed by atoms with Gasteiger partial charge in [0.2, 0.25) is 0 Å². The van der Waals surface area contributed by atoms with E-state index in [2.05, 4.69) is 32.9 Å². The summed E-state index contributed by atoms with van der Waals surface area (Å²) in [6.45, 7) is 6.72. The van der Waals surface area contributed by atoms with Crippen molar-refractivity contribution in [3.05, 3.63) is 29.8 Å². The smallest absolute Gasteiger partial charge is 0.0967 e. The van der Waals surface area contributed by atoms with Gasteiger partial charge in [-0.05, 0) is 17.4 Å². The third-order valence-corrected chi connectivity index (χ3v) is 2.46. The largest absolute Gasteiger partial charge is 0.113 e. The molecule has 0 aromatic heterocycles. The number of rotatable bonds is 2. The summed E-state index contributed by atoms with van der Waals surface area (Å²) in [6.07, 6.45) is 0. The molecule has 0 saturated heterocycles. The van der Waals surface area contributed by atoms with Gasteiger partial charge in [0.05, 0.1) is 0 Å². The summed E-state index contributed by atoms with van der Waals surface area (Å²) >= 11 is 0. The molecule has 0 spiro atoms. The van der Waals surface area contributed by atoms with Gasteiger partial charge in [-0.3, -0.25) is 0 Å². The van der Waals surface area contributed by atoms with Crippen molar-refractivity contribution in [2.45, 2.75) is 26.7 Å². The van der Waals surface area contributed by atoms with Gasteiger partial charge in [0, 0.05) is 0 Å². The van der Waals surface area contributed by atoms with Crippen LogP contribution in [0.15, 0.2) is 24.3 Å². The highest BCUT2D eigenvalue weighted by Crippen LogP contribution is 2.22. The topological polar surface area (TPSA) is 0 Å². The van der Waals surface area contributed by atoms with Gasteiger partial charge in [-0.1, -0.05) is 50.5 Å². The molecule has 0 bridgehead atoms. The molecule has 0 saturated carbocycles. The minimum Gasteiger partial charge on any atom is -0.0967 e. The van der Waals surface area contributed by atoms with Crippen molar-refractivity contribution in [1.29, 1.82) is 0 Å². The van der Waals surface area contributed by atoms with E-state index in [1.807, 2.05) is 12.1 Å². The fourth-order valence-corrected chi connectivity index (χ4v) is 1.18. The van der Waals surface area contributed by atoms with Gasteiger partial charge in [-0.2, -0.15) is 0 Å². The molecule has 1 aromatic rings. The molecule has 0 N–H and O–H groups in total. The van der Waals surface area contributed by atoms with Crippen molar-refractivity contribution in [1.82, 2.24) is 0 Å². The molecule has 1 heteroatoms. The first-order chi connectivity index (χ1) is 5.61. The van der Waals surface area contributed by atoms with E-state index in [0.717, 1.165) is 5.46 Å². The molecule has 1 atom stereocenters. The van der Waals surface area contributed by atoms with Crippen LogP contribution < -0.4 is 5.46 Å². The highest BCUT2D eigenvalue weighted by atomic mass is 14.1. The Bertz CT molecular complexity index is 236. The van der Waals surface area contributed by atoms with Crippen LogP contribution in [0, 0.1) is 5.92 Å². The molecule has 12 heavy (non-hydrogen) atoms. The molecule has 1 aromatic carbocycles. The van der Waals surface area contributed by atoms with E-state index in [-0.39, 0.29) is 0 Å². The predicted molar refractivity (Wildman–Crippen MR) is 55.1 cm³/mol. The number of hydrogen-bond donors (Lipinski definition) is 0. The maximum absolute atomic E-state index is 5.60. The summed E-state index contributed by atoms with van der Waals surface area (Å²) in [5.41, 5.74) is 2.22. The molecule has 0 heterocycles. The molecule has 0 aliphatic rings. The zero-order valence-corrected chi connectivity index (χ0v) is 8.04. The van der Waals surface area contributed by atoms with Crippen LogP contribution in [-0.2, 0) is 0 Å². The van der Waals surface area contributed by atoms with Crippen molar-refractivity contribution >= 4 is 13.3 Å². The first-order valence-electron chi connectivity index (χ1n) is 4.46. The van der Waals surface area contributed by atoms with Crippen molar-refractivity contribution in [3.8, 4) is 0 Å². The van der Waals surface area contributed by atoms with Crippen LogP contribution in [0.25, 0.3) is 0 Å². The lowest BCUT2D eigenvalue weighted by atomic mass is 9.87. The van der Waals surface area contributed by atoms with Gasteiger partial charge < -0.3 is 0 Å². The van der Waals surface area contributed by atoms with E-state index >= 15 is 0 Å². The highest BCUT2D eigenvalue weighted by Gasteiger charge is 2.08. The third kappa shape index (κ3) is 2.13. The van der Waals surface area contributed by atoms with Crippen molar-refractivity contribution < 1.29 is 0 Å². The molecular weight excluding hydrogens is 143 g/mol. The Balaban J connectivity index is 2.82. The Morgan fingerprint density at radius 2 is 1.50 bits per heavy atom. The van der Waals surface area contributed by atoms with Crippen molar-refractivity contribution in [2.75, 3.05) is 0 Å². The quantitative estimate of drug-likeness (QED) is 0.579. The summed E-state index contributed by atoms with van der Waals surface area (Å²) < 4.78 is 0. The van der Waals surface area contributed by atoms with Gasteiger partial charge in [-0.25, -0.2) is 0 Å². The molecule has 0 aliphatic carbocycles. The van der Waals surface area contributed by atoms with Gasteiger partial charge >= 0.3 is 0 Å². The van der Waals surface area contributed by atoms with Gasteiger partial charge in [0.25, 0.3) is 0 Å². The molecule has 0 fully saturated rings. The van der Waals surface area contributed by atoms with E-state index in [9.17, 15) is 0 Å². The van der Waals surface area contributed by atoms with Gasteiger partial charge in [0.15, 0.2) is 0 Å². The fraction of sp³-hybridized carbons (Fsp3) is 0.455. The Morgan fingerprint density at radius 3 is 1.92 bits per heavy atom. The normalized spacial score (nSPS) is 13.3. The predicted octanol–water partition coefficient (Wildman–Crippen LogP) is 2.24. The van der Waals surface area contributed by atoms with Gasteiger partial charge in [0.1, 0.15) is 7.85 Å². The second-order valence-corrected chi connectivity index (χ2v) is 3.70. The van der Waals surface area contributed by atoms with E-state index < -0.39 is 0 Å². The maximum Gasteiger partial charge on any atom is 0.113 e. The lowest BCUT2D eigenvalue weighted by Gasteiger charge is -2.15. The van der Waals surface area contributed by atoms with E-state index in [1.165, 1.54) is 5.56 Å². The summed E-state index contributed by atoms with van der Waals surface area (Å²) in [5.74, 6) is 1.30. The summed E-state index contributed by atoms with van der Waals surface area (Å²) in [6, 6.07) is 8.16. The second-order valence-electron chi connectivity index (χ2n) is 3.70. The molecule has 2 radical (unpaired) electrons. The van der Waals surface area contributed by atoms with Crippen LogP contribution in [0.5, 0.6) is 0 Å². The molecule has 0 aliphatic heterocycles. The van der Waals surface area contributed by atoms with Crippen LogP contribution in [0.1, 0.15) is 32.3 Å². The van der Waals surface area contributed by atoms with E-state index in [0.29, 0.717) is 11.8 Å². The lowest BCUT2D eigenvalue weighted by molar-refractivity contribution is 0.535. The maximum atomic E-state index is 5.60. The monoisotopic (exact) mass is 158 g/mol. The zero-order valence-electron chi connectivity index (χ0n) is 8.04. The SMILES string of the molecule is [B]c1ccc([C@@H](C)C(C)C)cc1. The molecule has 1 rings (SSSR count). The summed E-state index contributed by atoms with van der Waals surface area (Å²) in [5, 5.41) is 0. The van der Waals surface area contributed by atoms with E-state index in [4.69, 9.17) is 7.85 Å².